The van der Waals surface area contributed by atoms with Gasteiger partial charge in [0.1, 0.15) is 0 Å². The molecule has 2 N–H and O–H groups in total. The van der Waals surface area contributed by atoms with Crippen LogP contribution in [0.5, 0.6) is 0 Å². The highest BCUT2D eigenvalue weighted by molar-refractivity contribution is 5.54. The Morgan fingerprint density at radius 1 is 1.25 bits per heavy atom. The van der Waals surface area contributed by atoms with Gasteiger partial charge in [-0.1, -0.05) is 12.8 Å². The van der Waals surface area contributed by atoms with Gasteiger partial charge in [0.2, 0.25) is 0 Å². The number of nitrogens with zero attached hydrogens (tertiary/aromatic N) is 1. The molecule has 1 fully saturated rings. The van der Waals surface area contributed by atoms with Crippen LogP contribution in [0.15, 0.2) is 18.5 Å². The molecular formula is C13H21N3. The topological polar surface area (TPSA) is 37.0 Å². The van der Waals surface area contributed by atoms with Crippen molar-refractivity contribution in [3.63, 3.8) is 0 Å². The molecule has 1 aromatic heterocycles. The van der Waals surface area contributed by atoms with Gasteiger partial charge in [-0.05, 0) is 31.7 Å². The third kappa shape index (κ3) is 2.65. The van der Waals surface area contributed by atoms with E-state index in [0.29, 0.717) is 6.04 Å². The minimum atomic E-state index is 0.552. The van der Waals surface area contributed by atoms with Gasteiger partial charge in [0, 0.05) is 13.1 Å². The van der Waals surface area contributed by atoms with Crippen molar-refractivity contribution in [1.82, 2.24) is 4.98 Å². The SMILES string of the molecule is CNc1cncc(NC(C)C2CCCC2)c1. The minimum absolute atomic E-state index is 0.552. The van der Waals surface area contributed by atoms with Gasteiger partial charge in [0.25, 0.3) is 0 Å². The normalized spacial score (nSPS) is 18.4. The van der Waals surface area contributed by atoms with E-state index in [1.54, 1.807) is 0 Å². The summed E-state index contributed by atoms with van der Waals surface area (Å²) in [6.07, 6.45) is 9.26. The van der Waals surface area contributed by atoms with Crippen molar-refractivity contribution < 1.29 is 0 Å². The molecule has 0 saturated heterocycles. The highest BCUT2D eigenvalue weighted by atomic mass is 14.9. The van der Waals surface area contributed by atoms with Crippen LogP contribution in [0.2, 0.25) is 0 Å². The van der Waals surface area contributed by atoms with Crippen molar-refractivity contribution in [3.8, 4) is 0 Å². The second kappa shape index (κ2) is 5.19. The molecule has 1 atom stereocenters. The van der Waals surface area contributed by atoms with Gasteiger partial charge in [0.15, 0.2) is 0 Å². The Morgan fingerprint density at radius 2 is 1.94 bits per heavy atom. The predicted molar refractivity (Wildman–Crippen MR) is 68.8 cm³/mol. The average molecular weight is 219 g/mol. The first-order valence-electron chi connectivity index (χ1n) is 6.19. The van der Waals surface area contributed by atoms with Crippen LogP contribution in [0.4, 0.5) is 11.4 Å². The Balaban J connectivity index is 1.96. The Morgan fingerprint density at radius 3 is 2.62 bits per heavy atom. The lowest BCUT2D eigenvalue weighted by atomic mass is 10.00. The molecule has 1 saturated carbocycles. The number of nitrogens with one attached hydrogen (secondary N) is 2. The first kappa shape index (κ1) is 11.2. The second-order valence-corrected chi connectivity index (χ2v) is 4.69. The molecule has 0 radical (unpaired) electrons. The summed E-state index contributed by atoms with van der Waals surface area (Å²) in [5, 5.41) is 6.66. The van der Waals surface area contributed by atoms with E-state index in [0.717, 1.165) is 17.3 Å². The van der Waals surface area contributed by atoms with Crippen LogP contribution < -0.4 is 10.6 Å². The summed E-state index contributed by atoms with van der Waals surface area (Å²) in [5.41, 5.74) is 2.18. The average Bonchev–Trinajstić information content (AvgIpc) is 2.83. The third-order valence-corrected chi connectivity index (χ3v) is 3.53. The van der Waals surface area contributed by atoms with E-state index >= 15 is 0 Å². The van der Waals surface area contributed by atoms with E-state index < -0.39 is 0 Å². The molecule has 1 heterocycles. The number of anilines is 2. The molecule has 0 aliphatic heterocycles. The number of hydrogen-bond donors (Lipinski definition) is 2. The highest BCUT2D eigenvalue weighted by Crippen LogP contribution is 2.29. The molecule has 16 heavy (non-hydrogen) atoms. The van der Waals surface area contributed by atoms with Crippen LogP contribution in [0.3, 0.4) is 0 Å². The first-order valence-corrected chi connectivity index (χ1v) is 6.19. The summed E-state index contributed by atoms with van der Waals surface area (Å²) in [6.45, 7) is 2.28. The summed E-state index contributed by atoms with van der Waals surface area (Å²) in [6, 6.07) is 2.66. The minimum Gasteiger partial charge on any atom is -0.387 e. The maximum Gasteiger partial charge on any atom is 0.0549 e. The fraction of sp³-hybridized carbons (Fsp3) is 0.615. The fourth-order valence-electron chi connectivity index (χ4n) is 2.49. The van der Waals surface area contributed by atoms with E-state index in [1.807, 2.05) is 19.4 Å². The second-order valence-electron chi connectivity index (χ2n) is 4.69. The largest absolute Gasteiger partial charge is 0.387 e. The first-order chi connectivity index (χ1) is 7.79. The Hall–Kier alpha value is -1.25. The molecule has 0 aromatic carbocycles. The number of rotatable bonds is 4. The lowest BCUT2D eigenvalue weighted by Crippen LogP contribution is -2.23. The van der Waals surface area contributed by atoms with Gasteiger partial charge < -0.3 is 10.6 Å². The van der Waals surface area contributed by atoms with Crippen molar-refractivity contribution in [1.29, 1.82) is 0 Å². The van der Waals surface area contributed by atoms with Crippen LogP contribution in [0.1, 0.15) is 32.6 Å². The van der Waals surface area contributed by atoms with Crippen molar-refractivity contribution in [2.24, 2.45) is 5.92 Å². The van der Waals surface area contributed by atoms with Crippen molar-refractivity contribution in [2.75, 3.05) is 17.7 Å². The maximum absolute atomic E-state index is 4.21. The summed E-state index contributed by atoms with van der Waals surface area (Å²) < 4.78 is 0. The molecule has 3 nitrogen and oxygen atoms in total. The maximum atomic E-state index is 4.21. The van der Waals surface area contributed by atoms with Gasteiger partial charge >= 0.3 is 0 Å². The third-order valence-electron chi connectivity index (χ3n) is 3.53. The van der Waals surface area contributed by atoms with E-state index in [1.165, 1.54) is 25.7 Å². The Bertz CT molecular complexity index is 332. The zero-order chi connectivity index (χ0) is 11.4. The van der Waals surface area contributed by atoms with Gasteiger partial charge in [-0.25, -0.2) is 0 Å². The summed E-state index contributed by atoms with van der Waals surface area (Å²) in [7, 11) is 1.92. The van der Waals surface area contributed by atoms with Crippen LogP contribution in [0, 0.1) is 5.92 Å². The smallest absolute Gasteiger partial charge is 0.0549 e. The molecule has 1 aliphatic rings. The van der Waals surface area contributed by atoms with E-state index in [4.69, 9.17) is 0 Å². The molecule has 88 valence electrons. The molecule has 3 heteroatoms. The monoisotopic (exact) mass is 219 g/mol. The van der Waals surface area contributed by atoms with Gasteiger partial charge in [-0.15, -0.1) is 0 Å². The Labute approximate surface area is 97.7 Å². The van der Waals surface area contributed by atoms with E-state index in [9.17, 15) is 0 Å². The van der Waals surface area contributed by atoms with Crippen LogP contribution in [0.25, 0.3) is 0 Å². The summed E-state index contributed by atoms with van der Waals surface area (Å²) in [5.74, 6) is 0.832. The van der Waals surface area contributed by atoms with Crippen LogP contribution in [-0.2, 0) is 0 Å². The van der Waals surface area contributed by atoms with Crippen LogP contribution >= 0.6 is 0 Å². The molecule has 1 aliphatic carbocycles. The summed E-state index contributed by atoms with van der Waals surface area (Å²) in [4.78, 5) is 4.21. The predicted octanol–water partition coefficient (Wildman–Crippen LogP) is 3.11. The fourth-order valence-corrected chi connectivity index (χ4v) is 2.49. The Kier molecular flexibility index (Phi) is 3.65. The quantitative estimate of drug-likeness (QED) is 0.817. The zero-order valence-corrected chi connectivity index (χ0v) is 10.2. The van der Waals surface area contributed by atoms with Gasteiger partial charge in [-0.3, -0.25) is 4.98 Å². The zero-order valence-electron chi connectivity index (χ0n) is 10.2. The van der Waals surface area contributed by atoms with E-state index in [2.05, 4.69) is 28.6 Å². The number of pyridine rings is 1. The van der Waals surface area contributed by atoms with Crippen LogP contribution in [-0.4, -0.2) is 18.1 Å². The van der Waals surface area contributed by atoms with Crippen molar-refractivity contribution in [2.45, 2.75) is 38.6 Å². The van der Waals surface area contributed by atoms with Gasteiger partial charge in [0.05, 0.1) is 23.8 Å². The molecule has 1 unspecified atom stereocenters. The number of hydrogen-bond acceptors (Lipinski definition) is 3. The lowest BCUT2D eigenvalue weighted by Gasteiger charge is -2.21. The molecule has 2 rings (SSSR count). The van der Waals surface area contributed by atoms with Crippen molar-refractivity contribution in [3.05, 3.63) is 18.5 Å². The lowest BCUT2D eigenvalue weighted by molar-refractivity contribution is 0.482. The summed E-state index contributed by atoms with van der Waals surface area (Å²) >= 11 is 0. The number of aromatic nitrogens is 1. The van der Waals surface area contributed by atoms with Crippen molar-refractivity contribution >= 4 is 11.4 Å². The standard InChI is InChI=1S/C13H21N3/c1-10(11-5-3-4-6-11)16-13-7-12(14-2)8-15-9-13/h7-11,14,16H,3-6H2,1-2H3. The highest BCUT2D eigenvalue weighted by Gasteiger charge is 2.21. The molecule has 0 amide bonds. The van der Waals surface area contributed by atoms with E-state index in [-0.39, 0.29) is 0 Å². The molecule has 0 bridgehead atoms. The molecule has 1 aromatic rings. The molecular weight excluding hydrogens is 198 g/mol. The van der Waals surface area contributed by atoms with Gasteiger partial charge in [-0.2, -0.15) is 0 Å². The molecule has 0 spiro atoms.